The van der Waals surface area contributed by atoms with Gasteiger partial charge in [-0.2, -0.15) is 4.98 Å². The molecule has 1 saturated heterocycles. The van der Waals surface area contributed by atoms with Gasteiger partial charge in [0.2, 0.25) is 0 Å². The lowest BCUT2D eigenvalue weighted by Crippen LogP contribution is -2.53. The van der Waals surface area contributed by atoms with E-state index in [0.29, 0.717) is 30.3 Å². The summed E-state index contributed by atoms with van der Waals surface area (Å²) in [6.45, 7) is 6.93. The molecular weight excluding hydrogens is 271 g/mol. The standard InChI is InChI=1S/C15H19FN4O/c1-10-8-20(11(2)7-17-10)9-14-18-15(21-19-14)12-3-5-13(16)6-4-12/h3-6,10-11,17H,7-9H2,1-2H3. The van der Waals surface area contributed by atoms with Crippen LogP contribution in [0.2, 0.25) is 0 Å². The molecule has 2 aromatic rings. The average molecular weight is 290 g/mol. The Morgan fingerprint density at radius 3 is 2.86 bits per heavy atom. The lowest BCUT2D eigenvalue weighted by atomic mass is 10.1. The molecule has 2 heterocycles. The molecule has 1 aromatic heterocycles. The second-order valence-electron chi connectivity index (χ2n) is 5.61. The highest BCUT2D eigenvalue weighted by Gasteiger charge is 2.24. The number of halogens is 1. The zero-order chi connectivity index (χ0) is 14.8. The van der Waals surface area contributed by atoms with E-state index in [1.165, 1.54) is 12.1 Å². The first-order valence-corrected chi connectivity index (χ1v) is 7.18. The number of nitrogens with one attached hydrogen (secondary N) is 1. The Morgan fingerprint density at radius 2 is 2.10 bits per heavy atom. The summed E-state index contributed by atoms with van der Waals surface area (Å²) < 4.78 is 18.2. The van der Waals surface area contributed by atoms with Crippen LogP contribution in [-0.4, -0.2) is 40.2 Å². The second kappa shape index (κ2) is 5.91. The van der Waals surface area contributed by atoms with Crippen molar-refractivity contribution >= 4 is 0 Å². The summed E-state index contributed by atoms with van der Waals surface area (Å²) in [6, 6.07) is 6.96. The van der Waals surface area contributed by atoms with Gasteiger partial charge in [-0.3, -0.25) is 4.90 Å². The lowest BCUT2D eigenvalue weighted by Gasteiger charge is -2.36. The largest absolute Gasteiger partial charge is 0.334 e. The van der Waals surface area contributed by atoms with Gasteiger partial charge in [-0.25, -0.2) is 4.39 Å². The molecule has 1 aromatic carbocycles. The Morgan fingerprint density at radius 1 is 1.33 bits per heavy atom. The molecule has 5 nitrogen and oxygen atoms in total. The van der Waals surface area contributed by atoms with Crippen molar-refractivity contribution in [1.29, 1.82) is 0 Å². The first-order chi connectivity index (χ1) is 10.1. The fourth-order valence-corrected chi connectivity index (χ4v) is 2.53. The summed E-state index contributed by atoms with van der Waals surface area (Å²) in [5.74, 6) is 0.818. The van der Waals surface area contributed by atoms with Crippen LogP contribution in [-0.2, 0) is 6.54 Å². The van der Waals surface area contributed by atoms with Crippen molar-refractivity contribution in [3.8, 4) is 11.5 Å². The van der Waals surface area contributed by atoms with Crippen LogP contribution in [0.1, 0.15) is 19.7 Å². The summed E-state index contributed by atoms with van der Waals surface area (Å²) in [6.07, 6.45) is 0. The van der Waals surface area contributed by atoms with Crippen LogP contribution in [0.3, 0.4) is 0 Å². The Bertz CT molecular complexity index is 598. The summed E-state index contributed by atoms with van der Waals surface area (Å²) >= 11 is 0. The topological polar surface area (TPSA) is 54.2 Å². The highest BCUT2D eigenvalue weighted by Crippen LogP contribution is 2.18. The van der Waals surface area contributed by atoms with Gasteiger partial charge in [-0.1, -0.05) is 5.16 Å². The Kier molecular flexibility index (Phi) is 3.98. The van der Waals surface area contributed by atoms with Crippen molar-refractivity contribution in [2.75, 3.05) is 13.1 Å². The molecule has 0 bridgehead atoms. The predicted octanol–water partition coefficient (Wildman–Crippen LogP) is 2.06. The zero-order valence-electron chi connectivity index (χ0n) is 12.2. The van der Waals surface area contributed by atoms with Crippen molar-refractivity contribution in [2.45, 2.75) is 32.5 Å². The van der Waals surface area contributed by atoms with E-state index >= 15 is 0 Å². The van der Waals surface area contributed by atoms with E-state index < -0.39 is 0 Å². The van der Waals surface area contributed by atoms with Gasteiger partial charge in [-0.15, -0.1) is 0 Å². The summed E-state index contributed by atoms with van der Waals surface area (Å²) in [5, 5.41) is 7.47. The van der Waals surface area contributed by atoms with Crippen molar-refractivity contribution in [3.63, 3.8) is 0 Å². The monoisotopic (exact) mass is 290 g/mol. The van der Waals surface area contributed by atoms with E-state index in [-0.39, 0.29) is 5.82 Å². The highest BCUT2D eigenvalue weighted by atomic mass is 19.1. The maximum Gasteiger partial charge on any atom is 0.257 e. The molecular formula is C15H19FN4O. The molecule has 1 aliphatic rings. The third kappa shape index (κ3) is 3.28. The van der Waals surface area contributed by atoms with Crippen LogP contribution in [0.5, 0.6) is 0 Å². The third-order valence-corrected chi connectivity index (χ3v) is 3.80. The molecule has 2 atom stereocenters. The molecule has 2 unspecified atom stereocenters. The van der Waals surface area contributed by atoms with Gasteiger partial charge < -0.3 is 9.84 Å². The minimum absolute atomic E-state index is 0.276. The van der Waals surface area contributed by atoms with Gasteiger partial charge in [-0.05, 0) is 38.1 Å². The summed E-state index contributed by atoms with van der Waals surface area (Å²) in [4.78, 5) is 6.74. The molecule has 112 valence electrons. The van der Waals surface area contributed by atoms with Gasteiger partial charge in [0.05, 0.1) is 6.54 Å². The van der Waals surface area contributed by atoms with E-state index in [1.807, 2.05) is 0 Å². The molecule has 3 rings (SSSR count). The fraction of sp³-hybridized carbons (Fsp3) is 0.467. The minimum Gasteiger partial charge on any atom is -0.334 e. The van der Waals surface area contributed by atoms with Crippen LogP contribution in [0.15, 0.2) is 28.8 Å². The maximum absolute atomic E-state index is 12.9. The molecule has 1 aliphatic heterocycles. The number of benzene rings is 1. The van der Waals surface area contributed by atoms with Crippen LogP contribution in [0.25, 0.3) is 11.5 Å². The van der Waals surface area contributed by atoms with Crippen molar-refractivity contribution in [1.82, 2.24) is 20.4 Å². The van der Waals surface area contributed by atoms with Gasteiger partial charge in [0.25, 0.3) is 5.89 Å². The molecule has 0 spiro atoms. The van der Waals surface area contributed by atoms with E-state index in [9.17, 15) is 4.39 Å². The first-order valence-electron chi connectivity index (χ1n) is 7.18. The Hall–Kier alpha value is -1.79. The number of rotatable bonds is 3. The molecule has 0 radical (unpaired) electrons. The van der Waals surface area contributed by atoms with Crippen molar-refractivity contribution in [3.05, 3.63) is 35.9 Å². The fourth-order valence-electron chi connectivity index (χ4n) is 2.53. The van der Waals surface area contributed by atoms with E-state index in [2.05, 4.69) is 34.2 Å². The summed E-state index contributed by atoms with van der Waals surface area (Å²) in [7, 11) is 0. The van der Waals surface area contributed by atoms with Crippen LogP contribution >= 0.6 is 0 Å². The SMILES string of the molecule is CC1CN(Cc2noc(-c3ccc(F)cc3)n2)C(C)CN1. The molecule has 1 N–H and O–H groups in total. The first kappa shape index (κ1) is 14.2. The van der Waals surface area contributed by atoms with Crippen LogP contribution in [0, 0.1) is 5.82 Å². The highest BCUT2D eigenvalue weighted by molar-refractivity contribution is 5.52. The van der Waals surface area contributed by atoms with Crippen molar-refractivity contribution < 1.29 is 8.91 Å². The van der Waals surface area contributed by atoms with Gasteiger partial charge in [0.15, 0.2) is 5.82 Å². The molecule has 0 saturated carbocycles. The van der Waals surface area contributed by atoms with Crippen LogP contribution < -0.4 is 5.32 Å². The van der Waals surface area contributed by atoms with E-state index in [1.54, 1.807) is 12.1 Å². The quantitative estimate of drug-likeness (QED) is 0.937. The Balaban J connectivity index is 1.71. The average Bonchev–Trinajstić information content (AvgIpc) is 2.92. The van der Waals surface area contributed by atoms with E-state index in [4.69, 9.17) is 4.52 Å². The van der Waals surface area contributed by atoms with Gasteiger partial charge in [0.1, 0.15) is 5.82 Å². The number of nitrogens with zero attached hydrogens (tertiary/aromatic N) is 3. The second-order valence-corrected chi connectivity index (χ2v) is 5.61. The third-order valence-electron chi connectivity index (χ3n) is 3.80. The predicted molar refractivity (Wildman–Crippen MR) is 77.0 cm³/mol. The summed E-state index contributed by atoms with van der Waals surface area (Å²) in [5.41, 5.74) is 0.733. The number of hydrogen-bond donors (Lipinski definition) is 1. The van der Waals surface area contributed by atoms with Crippen molar-refractivity contribution in [2.24, 2.45) is 0 Å². The molecule has 0 aliphatic carbocycles. The molecule has 21 heavy (non-hydrogen) atoms. The van der Waals surface area contributed by atoms with Gasteiger partial charge >= 0.3 is 0 Å². The minimum atomic E-state index is -0.276. The number of aromatic nitrogens is 2. The number of hydrogen-bond acceptors (Lipinski definition) is 5. The smallest absolute Gasteiger partial charge is 0.257 e. The maximum atomic E-state index is 12.9. The number of piperazine rings is 1. The van der Waals surface area contributed by atoms with Gasteiger partial charge in [0, 0.05) is 30.7 Å². The molecule has 6 heteroatoms. The van der Waals surface area contributed by atoms with Crippen LogP contribution in [0.4, 0.5) is 4.39 Å². The molecule has 1 fully saturated rings. The molecule has 0 amide bonds. The lowest BCUT2D eigenvalue weighted by molar-refractivity contribution is 0.134. The Labute approximate surface area is 123 Å². The van der Waals surface area contributed by atoms with E-state index in [0.717, 1.165) is 18.7 Å². The normalized spacial score (nSPS) is 23.4. The zero-order valence-corrected chi connectivity index (χ0v) is 12.2.